The van der Waals surface area contributed by atoms with Gasteiger partial charge in [-0.2, -0.15) is 0 Å². The molecule has 1 heterocycles. The predicted octanol–water partition coefficient (Wildman–Crippen LogP) is 1.49. The smallest absolute Gasteiger partial charge is 0.108 e. The van der Waals surface area contributed by atoms with Crippen molar-refractivity contribution in [1.82, 2.24) is 0 Å². The highest BCUT2D eigenvalue weighted by molar-refractivity contribution is 5.34. The summed E-state index contributed by atoms with van der Waals surface area (Å²) in [7, 11) is 0. The van der Waals surface area contributed by atoms with E-state index in [0.717, 1.165) is 5.92 Å². The third-order valence-electron chi connectivity index (χ3n) is 3.14. The zero-order chi connectivity index (χ0) is 6.06. The van der Waals surface area contributed by atoms with Crippen molar-refractivity contribution >= 4 is 0 Å². The molecule has 1 aliphatic heterocycles. The summed E-state index contributed by atoms with van der Waals surface area (Å²) >= 11 is 0. The molecule has 3 fully saturated rings. The predicted molar refractivity (Wildman–Crippen MR) is 34.1 cm³/mol. The number of ether oxygens (including phenoxy) is 1. The van der Waals surface area contributed by atoms with E-state index in [0.29, 0.717) is 11.7 Å². The molecule has 48 valence electrons. The zero-order valence-corrected chi connectivity index (χ0v) is 5.39. The van der Waals surface area contributed by atoms with Gasteiger partial charge in [0.15, 0.2) is 0 Å². The van der Waals surface area contributed by atoms with Gasteiger partial charge < -0.3 is 4.74 Å². The standard InChI is InChI=1S/C8H10O/c1-5-6-2-3-8(4-6)7(5)9-8/h6-7H,1-4H2. The Morgan fingerprint density at radius 2 is 2.56 bits per heavy atom. The van der Waals surface area contributed by atoms with Crippen LogP contribution in [0.1, 0.15) is 19.3 Å². The first-order valence-corrected chi connectivity index (χ1v) is 3.68. The first-order valence-electron chi connectivity index (χ1n) is 3.68. The molecule has 3 aliphatic rings. The molecule has 1 heteroatoms. The van der Waals surface area contributed by atoms with Gasteiger partial charge in [-0.15, -0.1) is 0 Å². The fourth-order valence-corrected chi connectivity index (χ4v) is 2.53. The summed E-state index contributed by atoms with van der Waals surface area (Å²) in [6.07, 6.45) is 4.43. The maximum absolute atomic E-state index is 5.54. The molecule has 1 nitrogen and oxygen atoms in total. The second-order valence-electron chi connectivity index (χ2n) is 3.58. The summed E-state index contributed by atoms with van der Waals surface area (Å²) in [4.78, 5) is 0. The van der Waals surface area contributed by atoms with Crippen molar-refractivity contribution in [2.75, 3.05) is 0 Å². The Balaban J connectivity index is 2.12. The molecule has 2 saturated carbocycles. The van der Waals surface area contributed by atoms with Gasteiger partial charge in [-0.3, -0.25) is 0 Å². The van der Waals surface area contributed by atoms with E-state index in [9.17, 15) is 0 Å². The van der Waals surface area contributed by atoms with E-state index in [1.54, 1.807) is 0 Å². The van der Waals surface area contributed by atoms with Gasteiger partial charge in [-0.05, 0) is 30.8 Å². The van der Waals surface area contributed by atoms with E-state index in [2.05, 4.69) is 6.58 Å². The minimum atomic E-state index is 0.349. The average molecular weight is 122 g/mol. The van der Waals surface area contributed by atoms with E-state index < -0.39 is 0 Å². The fraction of sp³-hybridized carbons (Fsp3) is 0.750. The number of hydrogen-bond acceptors (Lipinski definition) is 1. The highest BCUT2D eigenvalue weighted by Gasteiger charge is 2.67. The van der Waals surface area contributed by atoms with Crippen molar-refractivity contribution < 1.29 is 4.74 Å². The van der Waals surface area contributed by atoms with Crippen molar-refractivity contribution in [2.24, 2.45) is 5.92 Å². The van der Waals surface area contributed by atoms with Crippen molar-refractivity contribution in [3.63, 3.8) is 0 Å². The van der Waals surface area contributed by atoms with Gasteiger partial charge >= 0.3 is 0 Å². The summed E-state index contributed by atoms with van der Waals surface area (Å²) in [5.41, 5.74) is 1.74. The van der Waals surface area contributed by atoms with Crippen LogP contribution in [0.2, 0.25) is 0 Å². The maximum Gasteiger partial charge on any atom is 0.108 e. The monoisotopic (exact) mass is 122 g/mol. The van der Waals surface area contributed by atoms with E-state index in [1.165, 1.54) is 24.8 Å². The highest BCUT2D eigenvalue weighted by atomic mass is 16.6. The zero-order valence-electron chi connectivity index (χ0n) is 5.39. The van der Waals surface area contributed by atoms with Gasteiger partial charge in [-0.1, -0.05) is 6.58 Å². The van der Waals surface area contributed by atoms with Crippen molar-refractivity contribution in [1.29, 1.82) is 0 Å². The molecule has 2 bridgehead atoms. The number of hydrogen-bond donors (Lipinski definition) is 0. The molecule has 2 aliphatic carbocycles. The second-order valence-corrected chi connectivity index (χ2v) is 3.58. The lowest BCUT2D eigenvalue weighted by atomic mass is 9.96. The van der Waals surface area contributed by atoms with Gasteiger partial charge in [-0.25, -0.2) is 0 Å². The molecule has 9 heavy (non-hydrogen) atoms. The molecule has 0 radical (unpaired) electrons. The van der Waals surface area contributed by atoms with Crippen LogP contribution in [0.25, 0.3) is 0 Å². The highest BCUT2D eigenvalue weighted by Crippen LogP contribution is 2.64. The van der Waals surface area contributed by atoms with Crippen LogP contribution in [-0.2, 0) is 4.74 Å². The van der Waals surface area contributed by atoms with Crippen LogP contribution in [0.15, 0.2) is 12.2 Å². The Labute approximate surface area is 54.7 Å². The number of rotatable bonds is 0. The first-order chi connectivity index (χ1) is 4.32. The molecule has 3 rings (SSSR count). The molecular formula is C8H10O. The van der Waals surface area contributed by atoms with Gasteiger partial charge in [0.05, 0.1) is 5.60 Å². The average Bonchev–Trinajstić information content (AvgIpc) is 2.28. The van der Waals surface area contributed by atoms with E-state index in [1.807, 2.05) is 0 Å². The largest absolute Gasteiger partial charge is 0.361 e. The Bertz CT molecular complexity index is 191. The van der Waals surface area contributed by atoms with Crippen LogP contribution in [0.4, 0.5) is 0 Å². The third-order valence-corrected chi connectivity index (χ3v) is 3.14. The van der Waals surface area contributed by atoms with Crippen molar-refractivity contribution in [2.45, 2.75) is 31.0 Å². The molecule has 0 aromatic heterocycles. The SMILES string of the molecule is C=C1C2CCC3(C2)OC13. The van der Waals surface area contributed by atoms with Crippen molar-refractivity contribution in [3.05, 3.63) is 12.2 Å². The van der Waals surface area contributed by atoms with E-state index >= 15 is 0 Å². The Kier molecular flexibility index (Phi) is 0.495. The lowest BCUT2D eigenvalue weighted by molar-refractivity contribution is 0.283. The van der Waals surface area contributed by atoms with Crippen LogP contribution in [0.5, 0.6) is 0 Å². The molecular weight excluding hydrogens is 112 g/mol. The minimum absolute atomic E-state index is 0.349. The van der Waals surface area contributed by atoms with Crippen LogP contribution in [0.3, 0.4) is 0 Å². The van der Waals surface area contributed by atoms with Crippen LogP contribution in [0, 0.1) is 5.92 Å². The first kappa shape index (κ1) is 4.51. The third kappa shape index (κ3) is 0.326. The Morgan fingerprint density at radius 3 is 3.00 bits per heavy atom. The number of epoxide rings is 1. The van der Waals surface area contributed by atoms with E-state index in [-0.39, 0.29) is 0 Å². The molecule has 3 atom stereocenters. The van der Waals surface area contributed by atoms with Crippen LogP contribution in [-0.4, -0.2) is 11.7 Å². The normalized spacial score (nSPS) is 60.2. The lowest BCUT2D eigenvalue weighted by Crippen LogP contribution is -2.06. The molecule has 0 amide bonds. The summed E-state index contributed by atoms with van der Waals surface area (Å²) < 4.78 is 5.54. The van der Waals surface area contributed by atoms with E-state index in [4.69, 9.17) is 4.74 Å². The van der Waals surface area contributed by atoms with Crippen molar-refractivity contribution in [3.8, 4) is 0 Å². The molecule has 1 spiro atoms. The Morgan fingerprint density at radius 1 is 1.67 bits per heavy atom. The summed E-state index contributed by atoms with van der Waals surface area (Å²) in [5, 5.41) is 0. The van der Waals surface area contributed by atoms with Crippen LogP contribution < -0.4 is 0 Å². The fourth-order valence-electron chi connectivity index (χ4n) is 2.53. The summed E-state index contributed by atoms with van der Waals surface area (Å²) in [6.45, 7) is 4.03. The minimum Gasteiger partial charge on any atom is -0.361 e. The van der Waals surface area contributed by atoms with Gasteiger partial charge in [0.1, 0.15) is 6.10 Å². The van der Waals surface area contributed by atoms with Gasteiger partial charge in [0.25, 0.3) is 0 Å². The molecule has 0 N–H and O–H groups in total. The molecule has 0 aromatic carbocycles. The molecule has 0 aromatic rings. The summed E-state index contributed by atoms with van der Waals surface area (Å²) in [6, 6.07) is 0. The molecule has 3 unspecified atom stereocenters. The quantitative estimate of drug-likeness (QED) is 0.350. The lowest BCUT2D eigenvalue weighted by Gasteiger charge is -2.06. The summed E-state index contributed by atoms with van der Waals surface area (Å²) in [5.74, 6) is 0.837. The van der Waals surface area contributed by atoms with Gasteiger partial charge in [0.2, 0.25) is 0 Å². The second kappa shape index (κ2) is 0.988. The topological polar surface area (TPSA) is 12.5 Å². The number of fused-ring (bicyclic) bond motifs is 1. The Hall–Kier alpha value is -0.300. The maximum atomic E-state index is 5.54. The van der Waals surface area contributed by atoms with Gasteiger partial charge in [0, 0.05) is 0 Å². The molecule has 1 saturated heterocycles. The van der Waals surface area contributed by atoms with Crippen LogP contribution >= 0.6 is 0 Å².